The van der Waals surface area contributed by atoms with Crippen LogP contribution in [0.1, 0.15) is 6.92 Å². The Bertz CT molecular complexity index is 179. The van der Waals surface area contributed by atoms with E-state index in [1.165, 1.54) is 4.90 Å². The van der Waals surface area contributed by atoms with E-state index in [0.717, 1.165) is 0 Å². The lowest BCUT2D eigenvalue weighted by atomic mass is 10.3. The minimum atomic E-state index is -2.78. The van der Waals surface area contributed by atoms with Crippen LogP contribution in [-0.2, 0) is 4.79 Å². The number of aliphatic hydroxyl groups is 1. The maximum Gasteiger partial charge on any atom is 0.265 e. The molecule has 2 N–H and O–H groups in total. The summed E-state index contributed by atoms with van der Waals surface area (Å²) >= 11 is 0. The molecule has 0 rings (SSSR count). The summed E-state index contributed by atoms with van der Waals surface area (Å²) in [7, 11) is 1.62. The lowest BCUT2D eigenvalue weighted by Gasteiger charge is -2.15. The number of likely N-dealkylation sites (N-methyl/N-ethyl adjacent to an activating group) is 1. The SMILES string of the molecule is CCN(C)C(=O)CNCC(O)C(F)F. The van der Waals surface area contributed by atoms with E-state index >= 15 is 0 Å². The van der Waals surface area contributed by atoms with Crippen LogP contribution < -0.4 is 5.32 Å². The highest BCUT2D eigenvalue weighted by molar-refractivity contribution is 5.77. The van der Waals surface area contributed by atoms with Crippen molar-refractivity contribution in [2.45, 2.75) is 19.5 Å². The number of rotatable bonds is 6. The maximum atomic E-state index is 11.8. The van der Waals surface area contributed by atoms with Crippen molar-refractivity contribution in [3.63, 3.8) is 0 Å². The summed E-state index contributed by atoms with van der Waals surface area (Å²) in [6, 6.07) is 0. The summed E-state index contributed by atoms with van der Waals surface area (Å²) in [6.45, 7) is 2.07. The van der Waals surface area contributed by atoms with Gasteiger partial charge in [-0.15, -0.1) is 0 Å². The Morgan fingerprint density at radius 1 is 1.57 bits per heavy atom. The average molecular weight is 210 g/mol. The fourth-order valence-electron chi connectivity index (χ4n) is 0.727. The predicted octanol–water partition coefficient (Wildman–Crippen LogP) is -0.320. The number of nitrogens with zero attached hydrogens (tertiary/aromatic N) is 1. The Kier molecular flexibility index (Phi) is 6.31. The van der Waals surface area contributed by atoms with Crippen molar-refractivity contribution in [3.8, 4) is 0 Å². The Morgan fingerprint density at radius 2 is 2.14 bits per heavy atom. The molecule has 0 aromatic rings. The van der Waals surface area contributed by atoms with Crippen LogP contribution in [-0.4, -0.2) is 55.1 Å². The Labute approximate surface area is 81.9 Å². The van der Waals surface area contributed by atoms with Crippen molar-refractivity contribution in [2.75, 3.05) is 26.7 Å². The van der Waals surface area contributed by atoms with Crippen molar-refractivity contribution in [1.82, 2.24) is 10.2 Å². The number of carbonyl (C=O) groups excluding carboxylic acids is 1. The molecule has 1 unspecified atom stereocenters. The third-order valence-corrected chi connectivity index (χ3v) is 1.82. The van der Waals surface area contributed by atoms with E-state index in [-0.39, 0.29) is 19.0 Å². The van der Waals surface area contributed by atoms with Crippen molar-refractivity contribution in [1.29, 1.82) is 0 Å². The van der Waals surface area contributed by atoms with Crippen molar-refractivity contribution in [3.05, 3.63) is 0 Å². The Balaban J connectivity index is 3.59. The standard InChI is InChI=1S/C8H16F2N2O2/c1-3-12(2)7(14)5-11-4-6(13)8(9)10/h6,8,11,13H,3-5H2,1-2H3. The number of halogens is 2. The van der Waals surface area contributed by atoms with Crippen LogP contribution in [0.2, 0.25) is 0 Å². The molecule has 6 heteroatoms. The topological polar surface area (TPSA) is 52.6 Å². The fourth-order valence-corrected chi connectivity index (χ4v) is 0.727. The van der Waals surface area contributed by atoms with Gasteiger partial charge in [-0.3, -0.25) is 4.79 Å². The molecule has 84 valence electrons. The molecule has 0 aliphatic carbocycles. The minimum absolute atomic E-state index is 0.0336. The number of nitrogens with one attached hydrogen (secondary N) is 1. The molecule has 0 aliphatic heterocycles. The largest absolute Gasteiger partial charge is 0.386 e. The van der Waals surface area contributed by atoms with E-state index in [4.69, 9.17) is 5.11 Å². The highest BCUT2D eigenvalue weighted by Gasteiger charge is 2.16. The molecule has 0 aromatic carbocycles. The fraction of sp³-hybridized carbons (Fsp3) is 0.875. The summed E-state index contributed by atoms with van der Waals surface area (Å²) in [6.07, 6.45) is -4.49. The number of alkyl halides is 2. The van der Waals surface area contributed by atoms with E-state index in [1.54, 1.807) is 7.05 Å². The predicted molar refractivity (Wildman–Crippen MR) is 48.2 cm³/mol. The second-order valence-electron chi connectivity index (χ2n) is 2.94. The molecule has 0 saturated heterocycles. The van der Waals surface area contributed by atoms with Crippen LogP contribution in [0.3, 0.4) is 0 Å². The Morgan fingerprint density at radius 3 is 2.57 bits per heavy atom. The lowest BCUT2D eigenvalue weighted by Crippen LogP contribution is -2.39. The van der Waals surface area contributed by atoms with Crippen molar-refractivity contribution < 1.29 is 18.7 Å². The molecular weight excluding hydrogens is 194 g/mol. The average Bonchev–Trinajstić information content (AvgIpc) is 2.15. The van der Waals surface area contributed by atoms with Gasteiger partial charge in [0, 0.05) is 20.1 Å². The van der Waals surface area contributed by atoms with Gasteiger partial charge in [0.05, 0.1) is 6.54 Å². The van der Waals surface area contributed by atoms with E-state index < -0.39 is 12.5 Å². The van der Waals surface area contributed by atoms with Crippen LogP contribution in [0.15, 0.2) is 0 Å². The van der Waals surface area contributed by atoms with Gasteiger partial charge in [-0.1, -0.05) is 0 Å². The first-order chi connectivity index (χ1) is 6.49. The Hall–Kier alpha value is -0.750. The highest BCUT2D eigenvalue weighted by atomic mass is 19.3. The number of aliphatic hydroxyl groups excluding tert-OH is 1. The second kappa shape index (κ2) is 6.67. The molecule has 0 bridgehead atoms. The zero-order valence-corrected chi connectivity index (χ0v) is 8.33. The molecule has 0 aromatic heterocycles. The normalized spacial score (nSPS) is 13.0. The maximum absolute atomic E-state index is 11.8. The highest BCUT2D eigenvalue weighted by Crippen LogP contribution is 1.98. The quantitative estimate of drug-likeness (QED) is 0.631. The van der Waals surface area contributed by atoms with Gasteiger partial charge in [0.1, 0.15) is 6.10 Å². The van der Waals surface area contributed by atoms with Gasteiger partial charge in [-0.25, -0.2) is 8.78 Å². The second-order valence-corrected chi connectivity index (χ2v) is 2.94. The summed E-state index contributed by atoms with van der Waals surface area (Å²) in [5.41, 5.74) is 0. The molecule has 0 heterocycles. The first-order valence-corrected chi connectivity index (χ1v) is 4.40. The molecule has 0 radical (unpaired) electrons. The van der Waals surface area contributed by atoms with Crippen LogP contribution >= 0.6 is 0 Å². The van der Waals surface area contributed by atoms with Gasteiger partial charge in [0.15, 0.2) is 0 Å². The summed E-state index contributed by atoms with van der Waals surface area (Å²) in [5, 5.41) is 11.2. The molecular formula is C8H16F2N2O2. The van der Waals surface area contributed by atoms with Crippen LogP contribution in [0.4, 0.5) is 8.78 Å². The van der Waals surface area contributed by atoms with Crippen LogP contribution in [0, 0.1) is 0 Å². The molecule has 0 fully saturated rings. The number of amides is 1. The number of hydrogen-bond donors (Lipinski definition) is 2. The first kappa shape index (κ1) is 13.2. The number of carbonyl (C=O) groups is 1. The first-order valence-electron chi connectivity index (χ1n) is 4.40. The third-order valence-electron chi connectivity index (χ3n) is 1.82. The number of hydrogen-bond acceptors (Lipinski definition) is 3. The summed E-state index contributed by atoms with van der Waals surface area (Å²) in [5.74, 6) is -0.186. The molecule has 0 saturated carbocycles. The van der Waals surface area contributed by atoms with Gasteiger partial charge < -0.3 is 15.3 Å². The van der Waals surface area contributed by atoms with Crippen molar-refractivity contribution in [2.24, 2.45) is 0 Å². The lowest BCUT2D eigenvalue weighted by molar-refractivity contribution is -0.128. The molecule has 1 atom stereocenters. The van der Waals surface area contributed by atoms with Crippen LogP contribution in [0.5, 0.6) is 0 Å². The van der Waals surface area contributed by atoms with Gasteiger partial charge in [-0.2, -0.15) is 0 Å². The van der Waals surface area contributed by atoms with Gasteiger partial charge in [0.2, 0.25) is 5.91 Å². The van der Waals surface area contributed by atoms with E-state index in [1.807, 2.05) is 6.92 Å². The zero-order chi connectivity index (χ0) is 11.1. The molecule has 0 aliphatic rings. The van der Waals surface area contributed by atoms with Gasteiger partial charge in [-0.05, 0) is 6.92 Å². The van der Waals surface area contributed by atoms with Crippen molar-refractivity contribution >= 4 is 5.91 Å². The van der Waals surface area contributed by atoms with E-state index in [2.05, 4.69) is 5.32 Å². The minimum Gasteiger partial charge on any atom is -0.386 e. The molecule has 1 amide bonds. The van der Waals surface area contributed by atoms with Gasteiger partial charge in [0.25, 0.3) is 6.43 Å². The van der Waals surface area contributed by atoms with E-state index in [9.17, 15) is 13.6 Å². The smallest absolute Gasteiger partial charge is 0.265 e. The summed E-state index contributed by atoms with van der Waals surface area (Å²) < 4.78 is 23.6. The van der Waals surface area contributed by atoms with Crippen LogP contribution in [0.25, 0.3) is 0 Å². The monoisotopic (exact) mass is 210 g/mol. The third kappa shape index (κ3) is 5.08. The molecule has 0 spiro atoms. The molecule has 4 nitrogen and oxygen atoms in total. The van der Waals surface area contributed by atoms with E-state index in [0.29, 0.717) is 6.54 Å². The molecule has 14 heavy (non-hydrogen) atoms. The zero-order valence-electron chi connectivity index (χ0n) is 8.33. The van der Waals surface area contributed by atoms with Gasteiger partial charge >= 0.3 is 0 Å². The summed E-state index contributed by atoms with van der Waals surface area (Å²) in [4.78, 5) is 12.6.